The Kier molecular flexibility index (Phi) is 6.99. The quantitative estimate of drug-likeness (QED) is 0.677. The summed E-state index contributed by atoms with van der Waals surface area (Å²) < 4.78 is 47.2. The van der Waals surface area contributed by atoms with Gasteiger partial charge in [0.2, 0.25) is 5.89 Å². The van der Waals surface area contributed by atoms with Crippen LogP contribution >= 0.6 is 0 Å². The Morgan fingerprint density at radius 2 is 1.69 bits per heavy atom. The number of hydrogen-bond acceptors (Lipinski definition) is 6. The van der Waals surface area contributed by atoms with E-state index in [0.717, 1.165) is 5.56 Å². The van der Waals surface area contributed by atoms with Gasteiger partial charge in [0.05, 0.1) is 12.0 Å². The van der Waals surface area contributed by atoms with E-state index in [-0.39, 0.29) is 29.0 Å². The van der Waals surface area contributed by atoms with Crippen molar-refractivity contribution in [2.24, 2.45) is 0 Å². The van der Waals surface area contributed by atoms with E-state index in [2.05, 4.69) is 14.9 Å². The molecule has 3 heterocycles. The number of aliphatic hydroxyl groups is 1. The molecule has 2 aliphatic heterocycles. The van der Waals surface area contributed by atoms with Gasteiger partial charge in [-0.2, -0.15) is 4.98 Å². The number of carbonyl (C=O) groups excluding carboxylic acids is 1. The molecule has 2 fully saturated rings. The van der Waals surface area contributed by atoms with E-state index in [1.54, 1.807) is 21.9 Å². The second-order valence-electron chi connectivity index (χ2n) is 10.4. The summed E-state index contributed by atoms with van der Waals surface area (Å²) in [5.41, 5.74) is 0.500. The van der Waals surface area contributed by atoms with Gasteiger partial charge >= 0.3 is 12.4 Å². The number of benzene rings is 1. The lowest BCUT2D eigenvalue weighted by Crippen LogP contribution is -2.51. The SMILES string of the molecule is CC(C)(C)c1noc(C2CC(c3ccc(OC(F)(F)F)cc3)CN(C(=O)N3CCC(O)CC3)C2)n1. The molecule has 4 rings (SSSR count). The van der Waals surface area contributed by atoms with Crippen molar-refractivity contribution >= 4 is 6.03 Å². The van der Waals surface area contributed by atoms with Crippen LogP contribution in [0.25, 0.3) is 0 Å². The minimum absolute atomic E-state index is 0.126. The van der Waals surface area contributed by atoms with Crippen molar-refractivity contribution < 1.29 is 32.3 Å². The maximum Gasteiger partial charge on any atom is 0.573 e. The maximum atomic E-state index is 13.3. The molecule has 2 saturated heterocycles. The third-order valence-corrected chi connectivity index (χ3v) is 6.50. The van der Waals surface area contributed by atoms with Crippen molar-refractivity contribution in [3.05, 3.63) is 41.5 Å². The van der Waals surface area contributed by atoms with Crippen molar-refractivity contribution in [1.29, 1.82) is 0 Å². The van der Waals surface area contributed by atoms with Crippen LogP contribution in [-0.4, -0.2) is 69.7 Å². The predicted octanol–water partition coefficient (Wildman–Crippen LogP) is 4.42. The molecule has 2 aliphatic rings. The fourth-order valence-electron chi connectivity index (χ4n) is 4.58. The number of piperidine rings is 2. The summed E-state index contributed by atoms with van der Waals surface area (Å²) in [6, 6.07) is 5.65. The Bertz CT molecular complexity index is 1010. The molecule has 11 heteroatoms. The second kappa shape index (κ2) is 9.67. The summed E-state index contributed by atoms with van der Waals surface area (Å²) in [6.45, 7) is 7.71. The number of carbonyl (C=O) groups is 1. The number of amides is 2. The molecule has 1 aromatic carbocycles. The molecule has 1 aromatic heterocycles. The third kappa shape index (κ3) is 6.25. The molecule has 0 radical (unpaired) electrons. The van der Waals surface area contributed by atoms with Crippen molar-refractivity contribution in [1.82, 2.24) is 19.9 Å². The monoisotopic (exact) mass is 496 g/mol. The zero-order valence-electron chi connectivity index (χ0n) is 20.1. The molecule has 0 spiro atoms. The van der Waals surface area contributed by atoms with Crippen LogP contribution in [0.5, 0.6) is 5.75 Å². The molecule has 0 bridgehead atoms. The van der Waals surface area contributed by atoms with Crippen molar-refractivity contribution in [2.45, 2.75) is 69.8 Å². The number of rotatable bonds is 3. The standard InChI is InChI=1S/C24H31F3N4O4/c1-23(2,3)21-28-20(35-29-21)17-12-16(15-4-6-19(7-5-15)34-24(25,26)27)13-31(14-17)22(33)30-10-8-18(32)9-11-30/h4-7,16-18,32H,8-14H2,1-3H3. The highest BCUT2D eigenvalue weighted by Gasteiger charge is 2.38. The van der Waals surface area contributed by atoms with E-state index in [1.165, 1.54) is 12.1 Å². The Hall–Kier alpha value is -2.82. The summed E-state index contributed by atoms with van der Waals surface area (Å²) in [5.74, 6) is 0.371. The number of hydrogen-bond donors (Lipinski definition) is 1. The van der Waals surface area contributed by atoms with E-state index in [4.69, 9.17) is 4.52 Å². The Labute approximate surface area is 202 Å². The van der Waals surface area contributed by atoms with E-state index < -0.39 is 12.5 Å². The van der Waals surface area contributed by atoms with E-state index in [1.807, 2.05) is 20.8 Å². The molecule has 2 aromatic rings. The molecule has 1 N–H and O–H groups in total. The van der Waals surface area contributed by atoms with Gasteiger partial charge in [0.15, 0.2) is 5.82 Å². The number of aromatic nitrogens is 2. The Morgan fingerprint density at radius 3 is 2.26 bits per heavy atom. The normalized spacial score (nSPS) is 22.4. The van der Waals surface area contributed by atoms with Crippen LogP contribution in [-0.2, 0) is 5.41 Å². The van der Waals surface area contributed by atoms with E-state index in [0.29, 0.717) is 57.2 Å². The molecule has 2 unspecified atom stereocenters. The average molecular weight is 497 g/mol. The second-order valence-corrected chi connectivity index (χ2v) is 10.4. The topological polar surface area (TPSA) is 91.9 Å². The number of ether oxygens (including phenoxy) is 1. The Balaban J connectivity index is 1.57. The van der Waals surface area contributed by atoms with Gasteiger partial charge in [-0.15, -0.1) is 13.2 Å². The van der Waals surface area contributed by atoms with Crippen LogP contribution in [0.3, 0.4) is 0 Å². The van der Waals surface area contributed by atoms with Crippen molar-refractivity contribution in [2.75, 3.05) is 26.2 Å². The minimum Gasteiger partial charge on any atom is -0.406 e. The van der Waals surface area contributed by atoms with Crippen LogP contribution in [0.15, 0.2) is 28.8 Å². The predicted molar refractivity (Wildman–Crippen MR) is 120 cm³/mol. The first kappa shape index (κ1) is 25.3. The zero-order chi connectivity index (χ0) is 25.4. The minimum atomic E-state index is -4.76. The lowest BCUT2D eigenvalue weighted by Gasteiger charge is -2.40. The summed E-state index contributed by atoms with van der Waals surface area (Å²) >= 11 is 0. The molecular weight excluding hydrogens is 465 g/mol. The molecule has 2 amide bonds. The van der Waals surface area contributed by atoms with Crippen molar-refractivity contribution in [3.63, 3.8) is 0 Å². The summed E-state index contributed by atoms with van der Waals surface area (Å²) in [6.07, 6.45) is -3.48. The van der Waals surface area contributed by atoms with E-state index >= 15 is 0 Å². The molecule has 0 aliphatic carbocycles. The number of aliphatic hydroxyl groups excluding tert-OH is 1. The highest BCUT2D eigenvalue weighted by molar-refractivity contribution is 5.75. The van der Waals surface area contributed by atoms with Crippen LogP contribution < -0.4 is 4.74 Å². The number of urea groups is 1. The number of halogens is 3. The molecular formula is C24H31F3N4O4. The number of alkyl halides is 3. The molecule has 192 valence electrons. The fraction of sp³-hybridized carbons (Fsp3) is 0.625. The number of nitrogens with zero attached hydrogens (tertiary/aromatic N) is 4. The Morgan fingerprint density at radius 1 is 1.06 bits per heavy atom. The highest BCUT2D eigenvalue weighted by Crippen LogP contribution is 2.37. The van der Waals surface area contributed by atoms with Gasteiger partial charge in [-0.1, -0.05) is 38.1 Å². The van der Waals surface area contributed by atoms with Crippen LogP contribution in [0.4, 0.5) is 18.0 Å². The van der Waals surface area contributed by atoms with Crippen LogP contribution in [0.2, 0.25) is 0 Å². The largest absolute Gasteiger partial charge is 0.573 e. The van der Waals surface area contributed by atoms with Gasteiger partial charge < -0.3 is 24.2 Å². The first-order chi connectivity index (χ1) is 16.4. The number of likely N-dealkylation sites (tertiary alicyclic amines) is 2. The lowest BCUT2D eigenvalue weighted by atomic mass is 9.84. The highest BCUT2D eigenvalue weighted by atomic mass is 19.4. The lowest BCUT2D eigenvalue weighted by molar-refractivity contribution is -0.274. The summed E-state index contributed by atoms with van der Waals surface area (Å²) in [4.78, 5) is 21.4. The van der Waals surface area contributed by atoms with E-state index in [9.17, 15) is 23.1 Å². The first-order valence-corrected chi connectivity index (χ1v) is 11.8. The molecule has 35 heavy (non-hydrogen) atoms. The molecule has 2 atom stereocenters. The van der Waals surface area contributed by atoms with Gasteiger partial charge in [0, 0.05) is 37.5 Å². The first-order valence-electron chi connectivity index (χ1n) is 11.8. The van der Waals surface area contributed by atoms with Gasteiger partial charge in [-0.25, -0.2) is 4.79 Å². The van der Waals surface area contributed by atoms with Crippen LogP contribution in [0.1, 0.15) is 69.1 Å². The van der Waals surface area contributed by atoms with Gasteiger partial charge in [-0.3, -0.25) is 0 Å². The van der Waals surface area contributed by atoms with Gasteiger partial charge in [0.1, 0.15) is 5.75 Å². The van der Waals surface area contributed by atoms with Crippen LogP contribution in [0, 0.1) is 0 Å². The zero-order valence-corrected chi connectivity index (χ0v) is 20.1. The van der Waals surface area contributed by atoms with Crippen molar-refractivity contribution in [3.8, 4) is 5.75 Å². The average Bonchev–Trinajstić information content (AvgIpc) is 3.29. The summed E-state index contributed by atoms with van der Waals surface area (Å²) in [5, 5.41) is 13.9. The third-order valence-electron chi connectivity index (χ3n) is 6.50. The van der Waals surface area contributed by atoms with Gasteiger partial charge in [-0.05, 0) is 37.0 Å². The summed E-state index contributed by atoms with van der Waals surface area (Å²) in [7, 11) is 0. The maximum absolute atomic E-state index is 13.3. The fourth-order valence-corrected chi connectivity index (χ4v) is 4.58. The molecule has 8 nitrogen and oxygen atoms in total. The smallest absolute Gasteiger partial charge is 0.406 e. The van der Waals surface area contributed by atoms with Gasteiger partial charge in [0.25, 0.3) is 0 Å². The molecule has 0 saturated carbocycles.